The number of piperazine rings is 1. The summed E-state index contributed by atoms with van der Waals surface area (Å²) >= 11 is 0. The molecule has 0 aromatic rings. The minimum absolute atomic E-state index is 0.592. The van der Waals surface area contributed by atoms with Crippen molar-refractivity contribution in [1.29, 1.82) is 0 Å². The Labute approximate surface area is 85.3 Å². The average molecular weight is 200 g/mol. The standard InChI is InChI=1S/C10H20N2O2/c1-10(2,9(13)14)3-6-12-7-4-11-5-8-12/h11H,3-8H2,1-2H3,(H,13,14). The molecule has 1 heterocycles. The summed E-state index contributed by atoms with van der Waals surface area (Å²) in [6.45, 7) is 8.59. The molecule has 0 unspecified atom stereocenters. The first-order valence-corrected chi connectivity index (χ1v) is 5.19. The molecule has 4 nitrogen and oxygen atoms in total. The van der Waals surface area contributed by atoms with Gasteiger partial charge < -0.3 is 15.3 Å². The van der Waals surface area contributed by atoms with Crippen molar-refractivity contribution >= 4 is 5.97 Å². The van der Waals surface area contributed by atoms with Crippen LogP contribution in [0.1, 0.15) is 20.3 Å². The van der Waals surface area contributed by atoms with E-state index in [1.165, 1.54) is 0 Å². The van der Waals surface area contributed by atoms with Gasteiger partial charge in [0.2, 0.25) is 0 Å². The summed E-state index contributed by atoms with van der Waals surface area (Å²) in [7, 11) is 0. The van der Waals surface area contributed by atoms with Gasteiger partial charge in [0.25, 0.3) is 0 Å². The van der Waals surface area contributed by atoms with Crippen molar-refractivity contribution in [1.82, 2.24) is 10.2 Å². The second kappa shape index (κ2) is 4.75. The highest BCUT2D eigenvalue weighted by Crippen LogP contribution is 2.20. The van der Waals surface area contributed by atoms with Gasteiger partial charge in [-0.05, 0) is 26.8 Å². The summed E-state index contributed by atoms with van der Waals surface area (Å²) < 4.78 is 0. The van der Waals surface area contributed by atoms with Gasteiger partial charge >= 0.3 is 5.97 Å². The fraction of sp³-hybridized carbons (Fsp3) is 0.900. The molecule has 1 aliphatic heterocycles. The zero-order valence-electron chi connectivity index (χ0n) is 9.05. The van der Waals surface area contributed by atoms with Gasteiger partial charge in [0, 0.05) is 26.2 Å². The van der Waals surface area contributed by atoms with E-state index < -0.39 is 11.4 Å². The third-order valence-corrected chi connectivity index (χ3v) is 2.84. The molecule has 1 aliphatic rings. The summed E-state index contributed by atoms with van der Waals surface area (Å²) in [5.74, 6) is -0.701. The van der Waals surface area contributed by atoms with Crippen LogP contribution in [-0.2, 0) is 4.79 Å². The molecule has 0 radical (unpaired) electrons. The zero-order chi connectivity index (χ0) is 10.6. The van der Waals surface area contributed by atoms with Crippen LogP contribution in [0.15, 0.2) is 0 Å². The van der Waals surface area contributed by atoms with Gasteiger partial charge in [0.1, 0.15) is 0 Å². The molecule has 0 spiro atoms. The maximum atomic E-state index is 10.9. The molecular formula is C10H20N2O2. The van der Waals surface area contributed by atoms with Crippen LogP contribution in [0.5, 0.6) is 0 Å². The minimum atomic E-state index is -0.701. The van der Waals surface area contributed by atoms with Crippen molar-refractivity contribution in [2.24, 2.45) is 5.41 Å². The largest absolute Gasteiger partial charge is 0.481 e. The van der Waals surface area contributed by atoms with Crippen molar-refractivity contribution in [3.63, 3.8) is 0 Å². The third-order valence-electron chi connectivity index (χ3n) is 2.84. The third kappa shape index (κ3) is 3.27. The van der Waals surface area contributed by atoms with Gasteiger partial charge in [-0.25, -0.2) is 0 Å². The molecule has 0 aromatic heterocycles. The number of carboxylic acid groups (broad SMARTS) is 1. The molecular weight excluding hydrogens is 180 g/mol. The van der Waals surface area contributed by atoms with E-state index in [1.54, 1.807) is 13.8 Å². The number of aliphatic carboxylic acids is 1. The molecule has 0 saturated carbocycles. The Kier molecular flexibility index (Phi) is 3.89. The smallest absolute Gasteiger partial charge is 0.309 e. The Hall–Kier alpha value is -0.610. The van der Waals surface area contributed by atoms with E-state index in [1.807, 2.05) is 0 Å². The molecule has 1 saturated heterocycles. The Balaban J connectivity index is 2.28. The number of carboxylic acids is 1. The van der Waals surface area contributed by atoms with Crippen molar-refractivity contribution in [3.05, 3.63) is 0 Å². The summed E-state index contributed by atoms with van der Waals surface area (Å²) in [5, 5.41) is 12.2. The average Bonchev–Trinajstić information content (AvgIpc) is 2.16. The van der Waals surface area contributed by atoms with Crippen molar-refractivity contribution in [2.45, 2.75) is 20.3 Å². The van der Waals surface area contributed by atoms with Gasteiger partial charge in [-0.2, -0.15) is 0 Å². The van der Waals surface area contributed by atoms with Crippen molar-refractivity contribution in [2.75, 3.05) is 32.7 Å². The Morgan fingerprint density at radius 3 is 2.50 bits per heavy atom. The first-order valence-electron chi connectivity index (χ1n) is 5.19. The highest BCUT2D eigenvalue weighted by atomic mass is 16.4. The van der Waals surface area contributed by atoms with Gasteiger partial charge in [0.05, 0.1) is 5.41 Å². The van der Waals surface area contributed by atoms with Gasteiger partial charge in [-0.1, -0.05) is 0 Å². The summed E-state index contributed by atoms with van der Waals surface area (Å²) in [6, 6.07) is 0. The molecule has 0 aliphatic carbocycles. The van der Waals surface area contributed by atoms with E-state index in [2.05, 4.69) is 10.2 Å². The predicted molar refractivity (Wildman–Crippen MR) is 55.3 cm³/mol. The SMILES string of the molecule is CC(C)(CCN1CCNCC1)C(=O)O. The summed E-state index contributed by atoms with van der Waals surface area (Å²) in [4.78, 5) is 13.2. The van der Waals surface area contributed by atoms with E-state index in [-0.39, 0.29) is 0 Å². The maximum absolute atomic E-state index is 10.9. The number of hydrogen-bond donors (Lipinski definition) is 2. The lowest BCUT2D eigenvalue weighted by Crippen LogP contribution is -2.45. The molecule has 0 amide bonds. The normalized spacial score (nSPS) is 19.6. The van der Waals surface area contributed by atoms with Crippen LogP contribution in [0.4, 0.5) is 0 Å². The lowest BCUT2D eigenvalue weighted by atomic mass is 9.89. The molecule has 1 rings (SSSR count). The maximum Gasteiger partial charge on any atom is 0.309 e. The van der Waals surface area contributed by atoms with Gasteiger partial charge in [0.15, 0.2) is 0 Å². The highest BCUT2D eigenvalue weighted by molar-refractivity contribution is 5.73. The fourth-order valence-corrected chi connectivity index (χ4v) is 1.48. The first kappa shape index (κ1) is 11.5. The molecule has 0 bridgehead atoms. The van der Waals surface area contributed by atoms with E-state index in [9.17, 15) is 4.79 Å². The van der Waals surface area contributed by atoms with Gasteiger partial charge in [-0.15, -0.1) is 0 Å². The lowest BCUT2D eigenvalue weighted by Gasteiger charge is -2.29. The molecule has 0 aromatic carbocycles. The minimum Gasteiger partial charge on any atom is -0.481 e. The molecule has 2 N–H and O–H groups in total. The monoisotopic (exact) mass is 200 g/mol. The van der Waals surface area contributed by atoms with Crippen LogP contribution in [-0.4, -0.2) is 48.7 Å². The number of hydrogen-bond acceptors (Lipinski definition) is 3. The highest BCUT2D eigenvalue weighted by Gasteiger charge is 2.27. The molecule has 0 atom stereocenters. The lowest BCUT2D eigenvalue weighted by molar-refractivity contribution is -0.147. The van der Waals surface area contributed by atoms with Crippen LogP contribution in [0, 0.1) is 5.41 Å². The number of carbonyl (C=O) groups is 1. The van der Waals surface area contributed by atoms with E-state index in [4.69, 9.17) is 5.11 Å². The Morgan fingerprint density at radius 2 is 2.00 bits per heavy atom. The molecule has 82 valence electrons. The predicted octanol–water partition coefficient (Wildman–Crippen LogP) is 0.393. The van der Waals surface area contributed by atoms with Crippen LogP contribution >= 0.6 is 0 Å². The zero-order valence-corrected chi connectivity index (χ0v) is 9.05. The molecule has 14 heavy (non-hydrogen) atoms. The molecule has 1 fully saturated rings. The second-order valence-corrected chi connectivity index (χ2v) is 4.53. The van der Waals surface area contributed by atoms with Crippen molar-refractivity contribution in [3.8, 4) is 0 Å². The van der Waals surface area contributed by atoms with Crippen LogP contribution < -0.4 is 5.32 Å². The Morgan fingerprint density at radius 1 is 1.43 bits per heavy atom. The van der Waals surface area contributed by atoms with E-state index in [0.29, 0.717) is 0 Å². The number of nitrogens with zero attached hydrogens (tertiary/aromatic N) is 1. The van der Waals surface area contributed by atoms with E-state index >= 15 is 0 Å². The van der Waals surface area contributed by atoms with Crippen molar-refractivity contribution < 1.29 is 9.90 Å². The van der Waals surface area contributed by atoms with E-state index in [0.717, 1.165) is 39.1 Å². The Bertz CT molecular complexity index is 198. The quantitative estimate of drug-likeness (QED) is 0.689. The van der Waals surface area contributed by atoms with Crippen LogP contribution in [0.2, 0.25) is 0 Å². The topological polar surface area (TPSA) is 52.6 Å². The summed E-state index contributed by atoms with van der Waals surface area (Å²) in [6.07, 6.45) is 0.725. The van der Waals surface area contributed by atoms with Gasteiger partial charge in [-0.3, -0.25) is 4.79 Å². The number of nitrogens with one attached hydrogen (secondary N) is 1. The first-order chi connectivity index (χ1) is 6.52. The van der Waals surface area contributed by atoms with Crippen LogP contribution in [0.3, 0.4) is 0 Å². The number of rotatable bonds is 4. The fourth-order valence-electron chi connectivity index (χ4n) is 1.48. The second-order valence-electron chi connectivity index (χ2n) is 4.53. The molecule has 4 heteroatoms. The summed E-state index contributed by atoms with van der Waals surface area (Å²) in [5.41, 5.74) is -0.592. The van der Waals surface area contributed by atoms with Crippen LogP contribution in [0.25, 0.3) is 0 Å².